The van der Waals surface area contributed by atoms with Crippen LogP contribution in [-0.4, -0.2) is 56.9 Å². The molecule has 2 fully saturated rings. The quantitative estimate of drug-likeness (QED) is 0.819. The lowest BCUT2D eigenvalue weighted by atomic mass is 10.1. The molecule has 5 nitrogen and oxygen atoms in total. The second kappa shape index (κ2) is 7.02. The minimum absolute atomic E-state index is 0.0881. The molecule has 0 aliphatic carbocycles. The standard InChI is InChI=1S/C13H26N2O3S/c1-2-10-18-12-4-3-9-15(11-12)19(16,17)13-5-7-14-8-6-13/h12-14H,2-11H2,1H3. The molecule has 19 heavy (non-hydrogen) atoms. The SMILES string of the molecule is CCCOC1CCCN(S(=O)(=O)C2CCNCC2)C1. The number of sulfonamides is 1. The van der Waals surface area contributed by atoms with Gasteiger partial charge in [0.2, 0.25) is 10.0 Å². The van der Waals surface area contributed by atoms with E-state index >= 15 is 0 Å². The van der Waals surface area contributed by atoms with E-state index in [1.807, 2.05) is 0 Å². The average Bonchev–Trinajstić information content (AvgIpc) is 2.46. The first-order valence-corrected chi connectivity index (χ1v) is 8.96. The molecule has 6 heteroatoms. The van der Waals surface area contributed by atoms with Gasteiger partial charge in [0.1, 0.15) is 0 Å². The average molecular weight is 290 g/mol. The van der Waals surface area contributed by atoms with E-state index in [4.69, 9.17) is 4.74 Å². The molecular formula is C13H26N2O3S. The fourth-order valence-corrected chi connectivity index (χ4v) is 4.87. The van der Waals surface area contributed by atoms with Crippen molar-refractivity contribution >= 4 is 10.0 Å². The van der Waals surface area contributed by atoms with Gasteiger partial charge in [-0.25, -0.2) is 8.42 Å². The summed E-state index contributed by atoms with van der Waals surface area (Å²) in [6.07, 6.45) is 4.44. The highest BCUT2D eigenvalue weighted by atomic mass is 32.2. The molecule has 0 saturated carbocycles. The number of piperidine rings is 2. The first-order valence-electron chi connectivity index (χ1n) is 7.46. The van der Waals surface area contributed by atoms with E-state index in [1.165, 1.54) is 0 Å². The molecule has 2 saturated heterocycles. The van der Waals surface area contributed by atoms with Gasteiger partial charge >= 0.3 is 0 Å². The smallest absolute Gasteiger partial charge is 0.217 e. The minimum Gasteiger partial charge on any atom is -0.377 e. The maximum Gasteiger partial charge on any atom is 0.217 e. The summed E-state index contributed by atoms with van der Waals surface area (Å²) in [6, 6.07) is 0. The van der Waals surface area contributed by atoms with E-state index in [0.29, 0.717) is 13.1 Å². The zero-order chi connectivity index (χ0) is 13.7. The topological polar surface area (TPSA) is 58.6 Å². The molecule has 0 bridgehead atoms. The van der Waals surface area contributed by atoms with Gasteiger partial charge in [-0.05, 0) is 45.2 Å². The van der Waals surface area contributed by atoms with Crippen LogP contribution in [0.3, 0.4) is 0 Å². The summed E-state index contributed by atoms with van der Waals surface area (Å²) in [6.45, 7) is 5.64. The number of nitrogens with one attached hydrogen (secondary N) is 1. The third-order valence-electron chi connectivity index (χ3n) is 3.97. The summed E-state index contributed by atoms with van der Waals surface area (Å²) in [4.78, 5) is 0. The van der Waals surface area contributed by atoms with Crippen molar-refractivity contribution in [1.82, 2.24) is 9.62 Å². The van der Waals surface area contributed by atoms with Crippen LogP contribution in [0.15, 0.2) is 0 Å². The molecule has 2 aliphatic rings. The molecule has 2 rings (SSSR count). The Morgan fingerprint density at radius 2 is 2.00 bits per heavy atom. The molecule has 0 aromatic heterocycles. The van der Waals surface area contributed by atoms with Gasteiger partial charge in [0.05, 0.1) is 11.4 Å². The van der Waals surface area contributed by atoms with Crippen molar-refractivity contribution in [3.05, 3.63) is 0 Å². The van der Waals surface area contributed by atoms with Crippen LogP contribution >= 0.6 is 0 Å². The van der Waals surface area contributed by atoms with Gasteiger partial charge in [0.25, 0.3) is 0 Å². The zero-order valence-corrected chi connectivity index (χ0v) is 12.6. The van der Waals surface area contributed by atoms with Crippen molar-refractivity contribution in [2.45, 2.75) is 50.4 Å². The minimum atomic E-state index is -3.13. The van der Waals surface area contributed by atoms with Gasteiger partial charge in [-0.15, -0.1) is 0 Å². The molecule has 2 aliphatic heterocycles. The van der Waals surface area contributed by atoms with Crippen LogP contribution in [0.4, 0.5) is 0 Å². The van der Waals surface area contributed by atoms with Gasteiger partial charge in [-0.1, -0.05) is 6.92 Å². The van der Waals surface area contributed by atoms with Gasteiger partial charge in [0.15, 0.2) is 0 Å². The summed E-state index contributed by atoms with van der Waals surface area (Å²) in [5.74, 6) is 0. The molecule has 0 aromatic rings. The van der Waals surface area contributed by atoms with Crippen LogP contribution in [0, 0.1) is 0 Å². The van der Waals surface area contributed by atoms with Crippen LogP contribution in [0.1, 0.15) is 39.0 Å². The van der Waals surface area contributed by atoms with E-state index in [9.17, 15) is 8.42 Å². The lowest BCUT2D eigenvalue weighted by Crippen LogP contribution is -2.49. The Morgan fingerprint density at radius 1 is 1.26 bits per heavy atom. The molecule has 0 aromatic carbocycles. The van der Waals surface area contributed by atoms with Crippen molar-refractivity contribution in [3.63, 3.8) is 0 Å². The van der Waals surface area contributed by atoms with E-state index in [-0.39, 0.29) is 11.4 Å². The molecule has 0 amide bonds. The first kappa shape index (κ1) is 15.2. The molecule has 0 radical (unpaired) electrons. The third kappa shape index (κ3) is 3.90. The Bertz CT molecular complexity index is 366. The third-order valence-corrected chi connectivity index (χ3v) is 6.33. The predicted octanol–water partition coefficient (Wildman–Crippen LogP) is 0.959. The number of nitrogens with zero attached hydrogens (tertiary/aromatic N) is 1. The van der Waals surface area contributed by atoms with Gasteiger partial charge < -0.3 is 10.1 Å². The second-order valence-corrected chi connectivity index (χ2v) is 7.70. The van der Waals surface area contributed by atoms with Crippen molar-refractivity contribution in [2.24, 2.45) is 0 Å². The molecule has 2 heterocycles. The summed E-state index contributed by atoms with van der Waals surface area (Å²) >= 11 is 0. The van der Waals surface area contributed by atoms with Crippen LogP contribution in [-0.2, 0) is 14.8 Å². The zero-order valence-electron chi connectivity index (χ0n) is 11.8. The Balaban J connectivity index is 1.95. The molecule has 0 spiro atoms. The normalized spacial score (nSPS) is 27.5. The highest BCUT2D eigenvalue weighted by Crippen LogP contribution is 2.23. The Kier molecular flexibility index (Phi) is 5.62. The first-order chi connectivity index (χ1) is 9.14. The van der Waals surface area contributed by atoms with Crippen LogP contribution in [0.2, 0.25) is 0 Å². The van der Waals surface area contributed by atoms with E-state index < -0.39 is 10.0 Å². The molecule has 1 atom stereocenters. The van der Waals surface area contributed by atoms with Gasteiger partial charge in [-0.2, -0.15) is 4.31 Å². The predicted molar refractivity (Wildman–Crippen MR) is 75.6 cm³/mol. The lowest BCUT2D eigenvalue weighted by Gasteiger charge is -2.35. The molecule has 1 N–H and O–H groups in total. The summed E-state index contributed by atoms with van der Waals surface area (Å²) < 4.78 is 32.6. The second-order valence-electron chi connectivity index (χ2n) is 5.49. The summed E-state index contributed by atoms with van der Waals surface area (Å²) in [7, 11) is -3.13. The van der Waals surface area contributed by atoms with Crippen molar-refractivity contribution in [3.8, 4) is 0 Å². The van der Waals surface area contributed by atoms with Crippen molar-refractivity contribution < 1.29 is 13.2 Å². The fraction of sp³-hybridized carbons (Fsp3) is 1.00. The fourth-order valence-electron chi connectivity index (χ4n) is 2.86. The van der Waals surface area contributed by atoms with E-state index in [0.717, 1.165) is 51.8 Å². The maximum atomic E-state index is 12.6. The highest BCUT2D eigenvalue weighted by molar-refractivity contribution is 7.89. The van der Waals surface area contributed by atoms with Gasteiger partial charge in [0, 0.05) is 19.7 Å². The largest absolute Gasteiger partial charge is 0.377 e. The number of hydrogen-bond donors (Lipinski definition) is 1. The lowest BCUT2D eigenvalue weighted by molar-refractivity contribution is 0.0191. The van der Waals surface area contributed by atoms with Crippen molar-refractivity contribution in [1.29, 1.82) is 0 Å². The van der Waals surface area contributed by atoms with Crippen LogP contribution in [0.25, 0.3) is 0 Å². The number of hydrogen-bond acceptors (Lipinski definition) is 4. The Morgan fingerprint density at radius 3 is 2.68 bits per heavy atom. The monoisotopic (exact) mass is 290 g/mol. The van der Waals surface area contributed by atoms with E-state index in [2.05, 4.69) is 12.2 Å². The number of rotatable bonds is 5. The van der Waals surface area contributed by atoms with Crippen LogP contribution < -0.4 is 5.32 Å². The molecule has 1 unspecified atom stereocenters. The number of ether oxygens (including phenoxy) is 1. The maximum absolute atomic E-state index is 12.6. The highest BCUT2D eigenvalue weighted by Gasteiger charge is 2.35. The van der Waals surface area contributed by atoms with Crippen molar-refractivity contribution in [2.75, 3.05) is 32.8 Å². The molecule has 112 valence electrons. The molecular weight excluding hydrogens is 264 g/mol. The summed E-state index contributed by atoms with van der Waals surface area (Å²) in [5, 5.41) is 3.02. The van der Waals surface area contributed by atoms with E-state index in [1.54, 1.807) is 4.31 Å². The van der Waals surface area contributed by atoms with Crippen LogP contribution in [0.5, 0.6) is 0 Å². The Labute approximate surface area is 116 Å². The Hall–Kier alpha value is -0.170. The summed E-state index contributed by atoms with van der Waals surface area (Å²) in [5.41, 5.74) is 0. The van der Waals surface area contributed by atoms with Gasteiger partial charge in [-0.3, -0.25) is 0 Å².